The van der Waals surface area contributed by atoms with Crippen molar-refractivity contribution in [3.8, 4) is 22.1 Å². The van der Waals surface area contributed by atoms with Gasteiger partial charge < -0.3 is 14.4 Å². The van der Waals surface area contributed by atoms with Crippen LogP contribution in [0.2, 0.25) is 0 Å². The summed E-state index contributed by atoms with van der Waals surface area (Å²) in [5, 5.41) is 2.88. The fourth-order valence-electron chi connectivity index (χ4n) is 3.05. The van der Waals surface area contributed by atoms with Crippen LogP contribution in [0.15, 0.2) is 52.3 Å². The highest BCUT2D eigenvalue weighted by Crippen LogP contribution is 2.33. The van der Waals surface area contributed by atoms with Crippen LogP contribution >= 0.6 is 27.3 Å². The first-order chi connectivity index (χ1) is 13.6. The summed E-state index contributed by atoms with van der Waals surface area (Å²) >= 11 is 5.04. The van der Waals surface area contributed by atoms with Crippen LogP contribution in [0.1, 0.15) is 18.2 Å². The minimum Gasteiger partial charge on any atom is -0.454 e. The summed E-state index contributed by atoms with van der Waals surface area (Å²) in [6.45, 7) is 3.41. The predicted molar refractivity (Wildman–Crippen MR) is 113 cm³/mol. The van der Waals surface area contributed by atoms with Crippen LogP contribution in [0.4, 0.5) is 0 Å². The number of rotatable bonds is 6. The molecule has 0 saturated carbocycles. The van der Waals surface area contributed by atoms with Gasteiger partial charge in [-0.2, -0.15) is 0 Å². The van der Waals surface area contributed by atoms with Gasteiger partial charge in [0.05, 0.1) is 12.1 Å². The van der Waals surface area contributed by atoms with Gasteiger partial charge in [-0.15, -0.1) is 11.3 Å². The van der Waals surface area contributed by atoms with Crippen LogP contribution in [-0.4, -0.2) is 29.1 Å². The lowest BCUT2D eigenvalue weighted by Crippen LogP contribution is -2.31. The Morgan fingerprint density at radius 2 is 2.07 bits per heavy atom. The molecule has 2 aromatic carbocycles. The molecule has 0 atom stereocenters. The van der Waals surface area contributed by atoms with E-state index in [1.54, 1.807) is 11.3 Å². The van der Waals surface area contributed by atoms with Crippen LogP contribution in [-0.2, 0) is 17.8 Å². The summed E-state index contributed by atoms with van der Waals surface area (Å²) in [6, 6.07) is 13.8. The molecule has 0 radical (unpaired) electrons. The Kier molecular flexibility index (Phi) is 5.64. The number of nitrogens with zero attached hydrogens (tertiary/aromatic N) is 2. The van der Waals surface area contributed by atoms with Gasteiger partial charge in [-0.05, 0) is 36.8 Å². The number of hydrogen-bond acceptors (Lipinski definition) is 5. The lowest BCUT2D eigenvalue weighted by molar-refractivity contribution is -0.130. The maximum Gasteiger partial charge on any atom is 0.231 e. The van der Waals surface area contributed by atoms with E-state index >= 15 is 0 Å². The number of amides is 1. The number of fused-ring (bicyclic) bond motifs is 1. The predicted octanol–water partition coefficient (Wildman–Crippen LogP) is 4.89. The molecule has 3 aromatic rings. The van der Waals surface area contributed by atoms with Crippen molar-refractivity contribution in [3.05, 3.63) is 63.6 Å². The molecule has 0 N–H and O–H groups in total. The molecule has 1 aromatic heterocycles. The van der Waals surface area contributed by atoms with Crippen molar-refractivity contribution in [3.63, 3.8) is 0 Å². The van der Waals surface area contributed by atoms with Crippen LogP contribution in [0.25, 0.3) is 10.6 Å². The van der Waals surface area contributed by atoms with E-state index < -0.39 is 0 Å². The Morgan fingerprint density at radius 3 is 2.89 bits per heavy atom. The van der Waals surface area contributed by atoms with Crippen molar-refractivity contribution in [2.24, 2.45) is 0 Å². The molecular weight excluding hydrogens is 440 g/mol. The number of halogens is 1. The smallest absolute Gasteiger partial charge is 0.231 e. The summed E-state index contributed by atoms with van der Waals surface area (Å²) in [5.41, 5.74) is 2.87. The number of benzene rings is 2. The van der Waals surface area contributed by atoms with Crippen molar-refractivity contribution in [1.29, 1.82) is 0 Å². The van der Waals surface area contributed by atoms with E-state index in [1.165, 1.54) is 0 Å². The Morgan fingerprint density at radius 1 is 1.21 bits per heavy atom. The van der Waals surface area contributed by atoms with Crippen molar-refractivity contribution in [1.82, 2.24) is 9.88 Å². The van der Waals surface area contributed by atoms with Gasteiger partial charge in [0.2, 0.25) is 12.7 Å². The molecule has 0 bridgehead atoms. The van der Waals surface area contributed by atoms with Gasteiger partial charge in [0.25, 0.3) is 0 Å². The first-order valence-electron chi connectivity index (χ1n) is 8.99. The van der Waals surface area contributed by atoms with Gasteiger partial charge in [-0.3, -0.25) is 4.79 Å². The zero-order valence-electron chi connectivity index (χ0n) is 15.4. The molecular formula is C21H19BrN2O3S. The molecule has 4 rings (SSSR count). The molecule has 0 saturated heterocycles. The molecule has 5 nitrogen and oxygen atoms in total. The third kappa shape index (κ3) is 4.20. The summed E-state index contributed by atoms with van der Waals surface area (Å²) in [7, 11) is 0. The zero-order chi connectivity index (χ0) is 19.5. The van der Waals surface area contributed by atoms with E-state index in [0.29, 0.717) is 19.5 Å². The molecule has 144 valence electrons. The molecule has 1 aliphatic heterocycles. The zero-order valence-corrected chi connectivity index (χ0v) is 17.8. The molecule has 2 heterocycles. The summed E-state index contributed by atoms with van der Waals surface area (Å²) in [4.78, 5) is 19.3. The Balaban J connectivity index is 1.43. The van der Waals surface area contributed by atoms with E-state index in [2.05, 4.69) is 20.9 Å². The minimum atomic E-state index is 0.0614. The summed E-state index contributed by atoms with van der Waals surface area (Å²) < 4.78 is 11.8. The summed E-state index contributed by atoms with van der Waals surface area (Å²) in [6.07, 6.45) is 0.295. The highest BCUT2D eigenvalue weighted by molar-refractivity contribution is 9.10. The fraction of sp³-hybridized carbons (Fsp3) is 0.238. The van der Waals surface area contributed by atoms with Crippen LogP contribution in [0, 0.1) is 0 Å². The monoisotopic (exact) mass is 458 g/mol. The molecule has 1 amide bonds. The van der Waals surface area contributed by atoms with E-state index in [4.69, 9.17) is 9.47 Å². The largest absolute Gasteiger partial charge is 0.454 e. The third-order valence-electron chi connectivity index (χ3n) is 4.50. The van der Waals surface area contributed by atoms with Crippen molar-refractivity contribution in [2.75, 3.05) is 13.3 Å². The second kappa shape index (κ2) is 8.32. The van der Waals surface area contributed by atoms with Crippen molar-refractivity contribution in [2.45, 2.75) is 19.9 Å². The van der Waals surface area contributed by atoms with Crippen LogP contribution < -0.4 is 9.47 Å². The molecule has 0 aliphatic carbocycles. The van der Waals surface area contributed by atoms with E-state index in [0.717, 1.165) is 37.8 Å². The number of carbonyl (C=O) groups is 1. The topological polar surface area (TPSA) is 51.7 Å². The van der Waals surface area contributed by atoms with Gasteiger partial charge in [-0.1, -0.05) is 34.1 Å². The van der Waals surface area contributed by atoms with Gasteiger partial charge in [0, 0.05) is 28.5 Å². The quantitative estimate of drug-likeness (QED) is 0.527. The van der Waals surface area contributed by atoms with Gasteiger partial charge >= 0.3 is 0 Å². The molecule has 0 fully saturated rings. The third-order valence-corrected chi connectivity index (χ3v) is 5.93. The second-order valence-electron chi connectivity index (χ2n) is 6.43. The van der Waals surface area contributed by atoms with E-state index in [-0.39, 0.29) is 12.7 Å². The number of aromatic nitrogens is 1. The Bertz CT molecular complexity index is 1000. The van der Waals surface area contributed by atoms with Crippen molar-refractivity contribution < 1.29 is 14.3 Å². The number of thiazole rings is 1. The highest BCUT2D eigenvalue weighted by atomic mass is 79.9. The fourth-order valence-corrected chi connectivity index (χ4v) is 4.26. The van der Waals surface area contributed by atoms with E-state index in [9.17, 15) is 4.79 Å². The SMILES string of the molecule is CCN(Cc1ccc2c(c1)OCO2)C(=O)Cc1csc(-c2cccc(Br)c2)n1. The lowest BCUT2D eigenvalue weighted by Gasteiger charge is -2.20. The first-order valence-corrected chi connectivity index (χ1v) is 10.7. The Labute approximate surface area is 176 Å². The van der Waals surface area contributed by atoms with Crippen LogP contribution in [0.5, 0.6) is 11.5 Å². The van der Waals surface area contributed by atoms with Gasteiger partial charge in [-0.25, -0.2) is 4.98 Å². The molecule has 0 spiro atoms. The average molecular weight is 459 g/mol. The number of carbonyl (C=O) groups excluding carboxylic acids is 1. The Hall–Kier alpha value is -2.38. The van der Waals surface area contributed by atoms with Gasteiger partial charge in [0.15, 0.2) is 11.5 Å². The number of hydrogen-bond donors (Lipinski definition) is 0. The first kappa shape index (κ1) is 19.0. The minimum absolute atomic E-state index is 0.0614. The maximum absolute atomic E-state index is 12.8. The maximum atomic E-state index is 12.8. The van der Waals surface area contributed by atoms with Crippen LogP contribution in [0.3, 0.4) is 0 Å². The molecule has 0 unspecified atom stereocenters. The standard InChI is InChI=1S/C21H19BrN2O3S/c1-2-24(11-14-6-7-18-19(8-14)27-13-26-18)20(25)10-17-12-28-21(23-17)15-4-3-5-16(22)9-15/h3-9,12H,2,10-11,13H2,1H3. The van der Waals surface area contributed by atoms with Gasteiger partial charge in [0.1, 0.15) is 5.01 Å². The molecule has 7 heteroatoms. The number of likely N-dealkylation sites (N-methyl/N-ethyl adjacent to an activating group) is 1. The molecule has 1 aliphatic rings. The second-order valence-corrected chi connectivity index (χ2v) is 8.20. The normalized spacial score (nSPS) is 12.2. The average Bonchev–Trinajstić information content (AvgIpc) is 3.35. The summed E-state index contributed by atoms with van der Waals surface area (Å²) in [5.74, 6) is 1.55. The highest BCUT2D eigenvalue weighted by Gasteiger charge is 2.18. The lowest BCUT2D eigenvalue weighted by atomic mass is 10.1. The van der Waals surface area contributed by atoms with Crippen molar-refractivity contribution >= 4 is 33.2 Å². The molecule has 28 heavy (non-hydrogen) atoms. The number of ether oxygens (including phenoxy) is 2. The van der Waals surface area contributed by atoms with E-state index in [1.807, 2.05) is 59.7 Å².